The predicted octanol–water partition coefficient (Wildman–Crippen LogP) is 3.42. The summed E-state index contributed by atoms with van der Waals surface area (Å²) in [6.45, 7) is 1.56. The quantitative estimate of drug-likeness (QED) is 0.770. The van der Waals surface area contributed by atoms with Crippen molar-refractivity contribution < 1.29 is 4.79 Å². The van der Waals surface area contributed by atoms with Crippen LogP contribution in [0, 0.1) is 0 Å². The third-order valence-corrected chi connectivity index (χ3v) is 5.79. The summed E-state index contributed by atoms with van der Waals surface area (Å²) in [5, 5.41) is 10.1. The summed E-state index contributed by atoms with van der Waals surface area (Å²) in [4.78, 5) is 16.2. The first-order valence-electron chi connectivity index (χ1n) is 8.92. The SMILES string of the molecule is CNC1CCN(C(=O)c2cn(-c3ccccc3)nc2-c2cccs2)CC1. The molecule has 1 aromatic carbocycles. The molecule has 0 atom stereocenters. The molecule has 5 nitrogen and oxygen atoms in total. The molecule has 1 fully saturated rings. The molecule has 3 heterocycles. The van der Waals surface area contributed by atoms with Crippen molar-refractivity contribution in [2.75, 3.05) is 20.1 Å². The van der Waals surface area contributed by atoms with Gasteiger partial charge in [-0.05, 0) is 43.5 Å². The Bertz CT molecular complexity index is 865. The monoisotopic (exact) mass is 366 g/mol. The van der Waals surface area contributed by atoms with Crippen molar-refractivity contribution in [3.05, 3.63) is 59.6 Å². The summed E-state index contributed by atoms with van der Waals surface area (Å²) in [6.07, 6.45) is 3.85. The maximum Gasteiger partial charge on any atom is 0.257 e. The van der Waals surface area contributed by atoms with Crippen molar-refractivity contribution in [2.24, 2.45) is 0 Å². The van der Waals surface area contributed by atoms with Crippen LogP contribution in [0.1, 0.15) is 23.2 Å². The van der Waals surface area contributed by atoms with Crippen molar-refractivity contribution in [1.82, 2.24) is 20.0 Å². The van der Waals surface area contributed by atoms with Crippen molar-refractivity contribution >= 4 is 17.2 Å². The Morgan fingerprint density at radius 1 is 1.15 bits per heavy atom. The van der Waals surface area contributed by atoms with Crippen molar-refractivity contribution in [1.29, 1.82) is 0 Å². The molecule has 0 spiro atoms. The van der Waals surface area contributed by atoms with Gasteiger partial charge in [0.25, 0.3) is 5.91 Å². The average molecular weight is 366 g/mol. The van der Waals surface area contributed by atoms with E-state index in [0.717, 1.165) is 42.2 Å². The molecule has 0 aliphatic carbocycles. The number of carbonyl (C=O) groups is 1. The maximum atomic E-state index is 13.2. The number of rotatable bonds is 4. The van der Waals surface area contributed by atoms with Crippen LogP contribution in [0.2, 0.25) is 0 Å². The fourth-order valence-corrected chi connectivity index (χ4v) is 4.10. The number of hydrogen-bond acceptors (Lipinski definition) is 4. The topological polar surface area (TPSA) is 50.2 Å². The van der Waals surface area contributed by atoms with Crippen LogP contribution >= 0.6 is 11.3 Å². The average Bonchev–Trinajstić information content (AvgIpc) is 3.38. The van der Waals surface area contributed by atoms with Crippen molar-refractivity contribution in [3.63, 3.8) is 0 Å². The van der Waals surface area contributed by atoms with Gasteiger partial charge in [-0.2, -0.15) is 5.10 Å². The first kappa shape index (κ1) is 17.0. The Morgan fingerprint density at radius 2 is 1.92 bits per heavy atom. The second kappa shape index (κ2) is 7.43. The van der Waals surface area contributed by atoms with Gasteiger partial charge >= 0.3 is 0 Å². The van der Waals surface area contributed by atoms with Gasteiger partial charge in [-0.3, -0.25) is 4.79 Å². The van der Waals surface area contributed by atoms with Crippen LogP contribution < -0.4 is 5.32 Å². The van der Waals surface area contributed by atoms with Gasteiger partial charge in [-0.1, -0.05) is 24.3 Å². The third-order valence-electron chi connectivity index (χ3n) is 4.91. The highest BCUT2D eigenvalue weighted by Crippen LogP contribution is 2.29. The number of aromatic nitrogens is 2. The molecule has 134 valence electrons. The van der Waals surface area contributed by atoms with Crippen LogP contribution in [-0.2, 0) is 0 Å². The minimum absolute atomic E-state index is 0.0742. The van der Waals surface area contributed by atoms with E-state index in [0.29, 0.717) is 11.6 Å². The summed E-state index contributed by atoms with van der Waals surface area (Å²) in [7, 11) is 1.99. The van der Waals surface area contributed by atoms with E-state index in [1.165, 1.54) is 0 Å². The maximum absolute atomic E-state index is 13.2. The summed E-state index contributed by atoms with van der Waals surface area (Å²) >= 11 is 1.61. The van der Waals surface area contributed by atoms with E-state index in [-0.39, 0.29) is 5.91 Å². The Hall–Kier alpha value is -2.44. The molecule has 0 radical (unpaired) electrons. The first-order chi connectivity index (χ1) is 12.8. The van der Waals surface area contributed by atoms with Crippen molar-refractivity contribution in [2.45, 2.75) is 18.9 Å². The molecule has 6 heteroatoms. The van der Waals surface area contributed by atoms with E-state index in [1.807, 2.05) is 70.7 Å². The van der Waals surface area contributed by atoms with Gasteiger partial charge in [-0.25, -0.2) is 4.68 Å². The van der Waals surface area contributed by atoms with Crippen LogP contribution in [0.3, 0.4) is 0 Å². The standard InChI is InChI=1S/C20H22N4OS/c1-21-15-9-11-23(12-10-15)20(25)17-14-24(16-6-3-2-4-7-16)22-19(17)18-8-5-13-26-18/h2-8,13-15,21H,9-12H2,1H3. The van der Waals surface area contributed by atoms with E-state index in [9.17, 15) is 4.79 Å². The largest absolute Gasteiger partial charge is 0.338 e. The fraction of sp³-hybridized carbons (Fsp3) is 0.300. The van der Waals surface area contributed by atoms with Gasteiger partial charge in [0.15, 0.2) is 0 Å². The van der Waals surface area contributed by atoms with Crippen LogP contribution in [0.15, 0.2) is 54.0 Å². The predicted molar refractivity (Wildman–Crippen MR) is 105 cm³/mol. The van der Waals surface area contributed by atoms with E-state index < -0.39 is 0 Å². The minimum atomic E-state index is 0.0742. The highest BCUT2D eigenvalue weighted by Gasteiger charge is 2.27. The Morgan fingerprint density at radius 3 is 2.58 bits per heavy atom. The number of nitrogens with one attached hydrogen (secondary N) is 1. The third kappa shape index (κ3) is 3.30. The highest BCUT2D eigenvalue weighted by molar-refractivity contribution is 7.13. The molecule has 1 aliphatic rings. The Labute approximate surface area is 157 Å². The molecule has 2 aromatic heterocycles. The van der Waals surface area contributed by atoms with Crippen LogP contribution in [-0.4, -0.2) is 46.8 Å². The van der Waals surface area contributed by atoms with Crippen molar-refractivity contribution in [3.8, 4) is 16.3 Å². The molecule has 1 N–H and O–H groups in total. The lowest BCUT2D eigenvalue weighted by Gasteiger charge is -2.31. The van der Waals surface area contributed by atoms with Gasteiger partial charge in [0.05, 0.1) is 16.1 Å². The number of benzene rings is 1. The molecule has 3 aromatic rings. The zero-order valence-electron chi connectivity index (χ0n) is 14.8. The lowest BCUT2D eigenvalue weighted by Crippen LogP contribution is -2.44. The lowest BCUT2D eigenvalue weighted by atomic mass is 10.0. The molecule has 1 amide bonds. The fourth-order valence-electron chi connectivity index (χ4n) is 3.38. The lowest BCUT2D eigenvalue weighted by molar-refractivity contribution is 0.0708. The molecule has 4 rings (SSSR count). The molecule has 0 saturated carbocycles. The van der Waals surface area contributed by atoms with Crippen LogP contribution in [0.4, 0.5) is 0 Å². The number of nitrogens with zero attached hydrogens (tertiary/aromatic N) is 3. The second-order valence-electron chi connectivity index (χ2n) is 6.50. The zero-order chi connectivity index (χ0) is 17.9. The number of carbonyl (C=O) groups excluding carboxylic acids is 1. The molecule has 26 heavy (non-hydrogen) atoms. The molecule has 0 bridgehead atoms. The summed E-state index contributed by atoms with van der Waals surface area (Å²) in [5.74, 6) is 0.0742. The van der Waals surface area contributed by atoms with Gasteiger partial charge in [0, 0.05) is 25.3 Å². The van der Waals surface area contributed by atoms with Crippen LogP contribution in [0.5, 0.6) is 0 Å². The number of likely N-dealkylation sites (tertiary alicyclic amines) is 1. The molecular weight excluding hydrogens is 344 g/mol. The summed E-state index contributed by atoms with van der Waals surface area (Å²) in [6, 6.07) is 14.4. The van der Waals surface area contributed by atoms with E-state index in [1.54, 1.807) is 11.3 Å². The smallest absolute Gasteiger partial charge is 0.257 e. The van der Waals surface area contributed by atoms with E-state index in [2.05, 4.69) is 5.32 Å². The van der Waals surface area contributed by atoms with Gasteiger partial charge in [-0.15, -0.1) is 11.3 Å². The van der Waals surface area contributed by atoms with Gasteiger partial charge < -0.3 is 10.2 Å². The minimum Gasteiger partial charge on any atom is -0.338 e. The zero-order valence-corrected chi connectivity index (χ0v) is 15.6. The normalized spacial score (nSPS) is 15.3. The molecule has 1 saturated heterocycles. The van der Waals surface area contributed by atoms with Gasteiger partial charge in [0.1, 0.15) is 5.69 Å². The Kier molecular flexibility index (Phi) is 4.86. The number of hydrogen-bond donors (Lipinski definition) is 1. The molecule has 1 aliphatic heterocycles. The summed E-state index contributed by atoms with van der Waals surface area (Å²) in [5.41, 5.74) is 2.40. The molecule has 0 unspecified atom stereocenters. The molecular formula is C20H22N4OS. The summed E-state index contributed by atoms with van der Waals surface area (Å²) < 4.78 is 1.81. The number of amides is 1. The first-order valence-corrected chi connectivity index (χ1v) is 9.79. The van der Waals surface area contributed by atoms with Crippen LogP contribution in [0.25, 0.3) is 16.3 Å². The number of piperidine rings is 1. The van der Waals surface area contributed by atoms with E-state index >= 15 is 0 Å². The number of para-hydroxylation sites is 1. The van der Waals surface area contributed by atoms with E-state index in [4.69, 9.17) is 5.10 Å². The number of thiophene rings is 1. The highest BCUT2D eigenvalue weighted by atomic mass is 32.1. The Balaban J connectivity index is 1.68. The second-order valence-corrected chi connectivity index (χ2v) is 7.45. The van der Waals surface area contributed by atoms with Gasteiger partial charge in [0.2, 0.25) is 0 Å².